The zero-order chi connectivity index (χ0) is 13.3. The maximum absolute atomic E-state index is 12.0. The van der Waals surface area contributed by atoms with Gasteiger partial charge < -0.3 is 21.2 Å². The smallest absolute Gasteiger partial charge is 0.323 e. The lowest BCUT2D eigenvalue weighted by molar-refractivity contribution is -0.391. The predicted octanol–water partition coefficient (Wildman–Crippen LogP) is 0.400. The number of hydrogen-bond donors (Lipinski definition) is 2. The van der Waals surface area contributed by atoms with E-state index in [1.54, 1.807) is 0 Å². The number of nitrogens with one attached hydrogen (secondary N) is 1. The molecule has 1 saturated carbocycles. The van der Waals surface area contributed by atoms with E-state index in [1.807, 2.05) is 0 Å². The van der Waals surface area contributed by atoms with Crippen molar-refractivity contribution in [3.05, 3.63) is 27.9 Å². The van der Waals surface area contributed by atoms with Crippen LogP contribution in [0.2, 0.25) is 0 Å². The highest BCUT2D eigenvalue weighted by molar-refractivity contribution is 5.93. The molecule has 1 unspecified atom stereocenters. The van der Waals surface area contributed by atoms with Crippen molar-refractivity contribution in [1.29, 1.82) is 0 Å². The van der Waals surface area contributed by atoms with Crippen LogP contribution < -0.4 is 11.1 Å². The average Bonchev–Trinajstić information content (AvgIpc) is 3.08. The third-order valence-corrected chi connectivity index (χ3v) is 3.28. The van der Waals surface area contributed by atoms with Gasteiger partial charge in [-0.1, -0.05) is 0 Å². The van der Waals surface area contributed by atoms with Gasteiger partial charge in [-0.2, -0.15) is 0 Å². The molecule has 18 heavy (non-hydrogen) atoms. The quantitative estimate of drug-likeness (QED) is 0.584. The van der Waals surface area contributed by atoms with Crippen LogP contribution in [0.1, 0.15) is 23.3 Å². The Bertz CT molecular complexity index is 479. The van der Waals surface area contributed by atoms with E-state index in [-0.39, 0.29) is 23.5 Å². The second-order valence-corrected chi connectivity index (χ2v) is 4.55. The molecule has 1 aliphatic carbocycles. The summed E-state index contributed by atoms with van der Waals surface area (Å²) in [6.45, 7) is 0.392. The molecule has 7 heteroatoms. The van der Waals surface area contributed by atoms with Crippen molar-refractivity contribution in [2.75, 3.05) is 6.54 Å². The normalized spacial score (nSPS) is 16.3. The summed E-state index contributed by atoms with van der Waals surface area (Å²) in [6.07, 6.45) is 2.16. The zero-order valence-corrected chi connectivity index (χ0v) is 10.1. The number of nitro groups is 1. The molecule has 2 rings (SSSR count). The maximum atomic E-state index is 12.0. The minimum Gasteiger partial charge on any atom is -0.358 e. The Balaban J connectivity index is 2.11. The highest BCUT2D eigenvalue weighted by Gasteiger charge is 2.32. The second-order valence-electron chi connectivity index (χ2n) is 4.55. The molecule has 1 fully saturated rings. The minimum absolute atomic E-state index is 0.0357. The first-order valence-electron chi connectivity index (χ1n) is 5.85. The lowest BCUT2D eigenvalue weighted by atomic mass is 10.2. The molecule has 3 N–H and O–H groups in total. The summed E-state index contributed by atoms with van der Waals surface area (Å²) in [4.78, 5) is 22.2. The Morgan fingerprint density at radius 3 is 2.78 bits per heavy atom. The Hall–Kier alpha value is -1.89. The number of carbonyl (C=O) groups excluding carboxylic acids is 1. The van der Waals surface area contributed by atoms with Crippen LogP contribution in [0.5, 0.6) is 0 Å². The molecule has 0 aliphatic heterocycles. The van der Waals surface area contributed by atoms with E-state index in [2.05, 4.69) is 5.32 Å². The molecule has 1 aromatic heterocycles. The number of aromatic nitrogens is 1. The third kappa shape index (κ3) is 2.35. The summed E-state index contributed by atoms with van der Waals surface area (Å²) < 4.78 is 1.27. The molecule has 98 valence electrons. The van der Waals surface area contributed by atoms with Gasteiger partial charge in [-0.05, 0) is 29.7 Å². The van der Waals surface area contributed by atoms with Gasteiger partial charge in [0.25, 0.3) is 5.91 Å². The van der Waals surface area contributed by atoms with Gasteiger partial charge in [0, 0.05) is 18.7 Å². The molecule has 0 spiro atoms. The highest BCUT2D eigenvalue weighted by Crippen LogP contribution is 2.32. The van der Waals surface area contributed by atoms with Gasteiger partial charge in [-0.15, -0.1) is 0 Å². The minimum atomic E-state index is -0.516. The largest absolute Gasteiger partial charge is 0.358 e. The number of amides is 1. The molecule has 7 nitrogen and oxygen atoms in total. The van der Waals surface area contributed by atoms with Crippen molar-refractivity contribution >= 4 is 11.7 Å². The first-order valence-corrected chi connectivity index (χ1v) is 5.85. The molecule has 0 bridgehead atoms. The standard InChI is InChI=1S/C11H16N4O3/c1-14-9(4-5-10(14)15(17)18)11(16)13-8(6-12)7-2-3-7/h4-5,7-8H,2-3,6,12H2,1H3,(H,13,16). The molecule has 1 aliphatic rings. The van der Waals surface area contributed by atoms with E-state index < -0.39 is 4.92 Å². The lowest BCUT2D eigenvalue weighted by Gasteiger charge is -2.15. The van der Waals surface area contributed by atoms with Gasteiger partial charge in [0.15, 0.2) is 5.69 Å². The summed E-state index contributed by atoms with van der Waals surface area (Å²) in [6, 6.07) is 2.74. The topological polar surface area (TPSA) is 103 Å². The maximum Gasteiger partial charge on any atom is 0.323 e. The van der Waals surface area contributed by atoms with Crippen LogP contribution in [-0.4, -0.2) is 28.0 Å². The van der Waals surface area contributed by atoms with Crippen molar-refractivity contribution in [3.63, 3.8) is 0 Å². The van der Waals surface area contributed by atoms with Crippen molar-refractivity contribution in [2.45, 2.75) is 18.9 Å². The van der Waals surface area contributed by atoms with E-state index in [0.717, 1.165) is 12.8 Å². The van der Waals surface area contributed by atoms with Gasteiger partial charge in [-0.3, -0.25) is 4.79 Å². The van der Waals surface area contributed by atoms with E-state index >= 15 is 0 Å². The Labute approximate surface area is 104 Å². The van der Waals surface area contributed by atoms with Gasteiger partial charge in [0.05, 0.1) is 7.05 Å². The first-order chi connectivity index (χ1) is 8.54. The molecule has 1 heterocycles. The number of carbonyl (C=O) groups is 1. The van der Waals surface area contributed by atoms with E-state index in [1.165, 1.54) is 23.7 Å². The molecule has 0 aromatic carbocycles. The second kappa shape index (κ2) is 4.77. The van der Waals surface area contributed by atoms with Crippen molar-refractivity contribution < 1.29 is 9.72 Å². The molecule has 1 atom stereocenters. The Kier molecular flexibility index (Phi) is 3.33. The van der Waals surface area contributed by atoms with Crippen LogP contribution in [0.4, 0.5) is 5.82 Å². The van der Waals surface area contributed by atoms with E-state index in [0.29, 0.717) is 12.5 Å². The summed E-state index contributed by atoms with van der Waals surface area (Å²) in [5.74, 6) is 0.0398. The SMILES string of the molecule is Cn1c(C(=O)NC(CN)C2CC2)ccc1[N+](=O)[O-]. The summed E-state index contributed by atoms with van der Waals surface area (Å²) >= 11 is 0. The van der Waals surface area contributed by atoms with Crippen molar-refractivity contribution in [2.24, 2.45) is 18.7 Å². The fourth-order valence-electron chi connectivity index (χ4n) is 2.02. The predicted molar refractivity (Wildman–Crippen MR) is 65.1 cm³/mol. The highest BCUT2D eigenvalue weighted by atomic mass is 16.6. The fraction of sp³-hybridized carbons (Fsp3) is 0.545. The molecular weight excluding hydrogens is 236 g/mol. The zero-order valence-electron chi connectivity index (χ0n) is 10.1. The monoisotopic (exact) mass is 252 g/mol. The third-order valence-electron chi connectivity index (χ3n) is 3.28. The van der Waals surface area contributed by atoms with Crippen LogP contribution in [-0.2, 0) is 7.05 Å². The molecule has 1 aromatic rings. The van der Waals surface area contributed by atoms with Gasteiger partial charge in [-0.25, -0.2) is 4.57 Å². The summed E-state index contributed by atoms with van der Waals surface area (Å²) in [7, 11) is 1.50. The van der Waals surface area contributed by atoms with Gasteiger partial charge >= 0.3 is 5.82 Å². The first kappa shape index (κ1) is 12.6. The van der Waals surface area contributed by atoms with Crippen LogP contribution in [0.3, 0.4) is 0 Å². The van der Waals surface area contributed by atoms with Crippen LogP contribution in [0, 0.1) is 16.0 Å². The van der Waals surface area contributed by atoms with Gasteiger partial charge in [0.2, 0.25) is 0 Å². The summed E-state index contributed by atoms with van der Waals surface area (Å²) in [5, 5.41) is 13.5. The number of nitrogens with two attached hydrogens (primary N) is 1. The van der Waals surface area contributed by atoms with Crippen LogP contribution >= 0.6 is 0 Å². The molecule has 1 amide bonds. The number of nitrogens with zero attached hydrogens (tertiary/aromatic N) is 2. The molecular formula is C11H16N4O3. The van der Waals surface area contributed by atoms with Crippen LogP contribution in [0.15, 0.2) is 12.1 Å². The lowest BCUT2D eigenvalue weighted by Crippen LogP contribution is -2.42. The van der Waals surface area contributed by atoms with Crippen molar-refractivity contribution in [3.8, 4) is 0 Å². The van der Waals surface area contributed by atoms with E-state index in [4.69, 9.17) is 5.73 Å². The van der Waals surface area contributed by atoms with Gasteiger partial charge in [0.1, 0.15) is 0 Å². The van der Waals surface area contributed by atoms with E-state index in [9.17, 15) is 14.9 Å². The van der Waals surface area contributed by atoms with Crippen molar-refractivity contribution in [1.82, 2.24) is 9.88 Å². The number of hydrogen-bond acceptors (Lipinski definition) is 4. The fourth-order valence-corrected chi connectivity index (χ4v) is 2.02. The summed E-state index contributed by atoms with van der Waals surface area (Å²) in [5.41, 5.74) is 5.88. The molecule has 0 radical (unpaired) electrons. The Morgan fingerprint density at radius 2 is 2.33 bits per heavy atom. The average molecular weight is 252 g/mol. The Morgan fingerprint density at radius 1 is 1.67 bits per heavy atom. The number of rotatable bonds is 5. The van der Waals surface area contributed by atoms with Crippen LogP contribution in [0.25, 0.3) is 0 Å². The molecule has 0 saturated heterocycles.